The van der Waals surface area contributed by atoms with Gasteiger partial charge in [0.2, 0.25) is 0 Å². The number of hydrogen-bond acceptors (Lipinski definition) is 3. The Morgan fingerprint density at radius 3 is 2.28 bits per heavy atom. The molecule has 18 heavy (non-hydrogen) atoms. The van der Waals surface area contributed by atoms with Gasteiger partial charge in [-0.05, 0) is 24.2 Å². The molecule has 0 fully saturated rings. The topological polar surface area (TPSA) is 26.7 Å². The van der Waals surface area contributed by atoms with Gasteiger partial charge in [-0.3, -0.25) is 4.90 Å². The summed E-state index contributed by atoms with van der Waals surface area (Å²) in [5.74, 6) is 0. The van der Waals surface area contributed by atoms with E-state index >= 15 is 0 Å². The van der Waals surface area contributed by atoms with E-state index in [2.05, 4.69) is 41.0 Å². The molecule has 0 heterocycles. The first-order valence-electron chi connectivity index (χ1n) is 6.33. The predicted octanol–water partition coefficient (Wildman–Crippen LogP) is 2.35. The van der Waals surface area contributed by atoms with E-state index in [9.17, 15) is 0 Å². The average molecular weight is 271 g/mol. The van der Waals surface area contributed by atoms with Crippen molar-refractivity contribution in [2.45, 2.75) is 12.3 Å². The third-order valence-electron chi connectivity index (χ3n) is 3.05. The Kier molecular flexibility index (Phi) is 6.47. The van der Waals surface area contributed by atoms with Crippen molar-refractivity contribution in [2.24, 2.45) is 0 Å². The van der Waals surface area contributed by atoms with Crippen molar-refractivity contribution in [3.05, 3.63) is 29.8 Å². The summed E-state index contributed by atoms with van der Waals surface area (Å²) >= 11 is 6.41. The second-order valence-corrected chi connectivity index (χ2v) is 5.10. The average Bonchev–Trinajstić information content (AvgIpc) is 2.38. The standard InChI is InChI=1S/C14H23ClN2O/c1-4-17(9-10-18)11-14(15)12-5-7-13(8-6-12)16(2)3/h5-8,14,18H,4,9-11H2,1-3H3. The van der Waals surface area contributed by atoms with Gasteiger partial charge < -0.3 is 10.0 Å². The molecule has 1 N–H and O–H groups in total. The highest BCUT2D eigenvalue weighted by atomic mass is 35.5. The van der Waals surface area contributed by atoms with Crippen LogP contribution < -0.4 is 4.90 Å². The van der Waals surface area contributed by atoms with E-state index in [4.69, 9.17) is 16.7 Å². The molecule has 0 aliphatic carbocycles. The van der Waals surface area contributed by atoms with Gasteiger partial charge in [0, 0.05) is 32.9 Å². The minimum atomic E-state index is -0.0345. The lowest BCUT2D eigenvalue weighted by Crippen LogP contribution is -2.29. The molecular weight excluding hydrogens is 248 g/mol. The Morgan fingerprint density at radius 1 is 1.22 bits per heavy atom. The van der Waals surface area contributed by atoms with Crippen LogP contribution in [0.25, 0.3) is 0 Å². The molecule has 0 saturated carbocycles. The lowest BCUT2D eigenvalue weighted by molar-refractivity contribution is 0.202. The first kappa shape index (κ1) is 15.3. The Balaban J connectivity index is 2.63. The van der Waals surface area contributed by atoms with E-state index in [1.54, 1.807) is 0 Å². The molecule has 0 saturated heterocycles. The number of anilines is 1. The molecule has 0 spiro atoms. The summed E-state index contributed by atoms with van der Waals surface area (Å²) in [6.07, 6.45) is 0. The number of likely N-dealkylation sites (N-methyl/N-ethyl adjacent to an activating group) is 1. The molecule has 0 bridgehead atoms. The van der Waals surface area contributed by atoms with E-state index in [1.807, 2.05) is 14.1 Å². The quantitative estimate of drug-likeness (QED) is 0.771. The minimum absolute atomic E-state index is 0.0345. The van der Waals surface area contributed by atoms with Crippen LogP contribution in [0.3, 0.4) is 0 Å². The maximum atomic E-state index is 8.96. The highest BCUT2D eigenvalue weighted by Crippen LogP contribution is 2.23. The molecule has 1 aromatic carbocycles. The molecule has 1 aromatic rings. The maximum Gasteiger partial charge on any atom is 0.0712 e. The fourth-order valence-electron chi connectivity index (χ4n) is 1.83. The van der Waals surface area contributed by atoms with E-state index < -0.39 is 0 Å². The second-order valence-electron chi connectivity index (χ2n) is 4.57. The van der Waals surface area contributed by atoms with Crippen molar-refractivity contribution in [1.82, 2.24) is 4.90 Å². The molecule has 4 heteroatoms. The summed E-state index contributed by atoms with van der Waals surface area (Å²) in [4.78, 5) is 4.22. The number of hydrogen-bond donors (Lipinski definition) is 1. The normalized spacial score (nSPS) is 12.8. The molecular formula is C14H23ClN2O. The van der Waals surface area contributed by atoms with Gasteiger partial charge in [0.15, 0.2) is 0 Å². The SMILES string of the molecule is CCN(CCO)CC(Cl)c1ccc(N(C)C)cc1. The third kappa shape index (κ3) is 4.48. The zero-order valence-electron chi connectivity index (χ0n) is 11.4. The number of aliphatic hydroxyl groups is 1. The van der Waals surface area contributed by atoms with Crippen LogP contribution in [0.4, 0.5) is 5.69 Å². The van der Waals surface area contributed by atoms with Crippen LogP contribution in [-0.2, 0) is 0 Å². The summed E-state index contributed by atoms with van der Waals surface area (Å²) in [7, 11) is 4.04. The van der Waals surface area contributed by atoms with Crippen LogP contribution in [0.1, 0.15) is 17.9 Å². The highest BCUT2D eigenvalue weighted by molar-refractivity contribution is 6.21. The van der Waals surface area contributed by atoms with Gasteiger partial charge in [-0.1, -0.05) is 19.1 Å². The smallest absolute Gasteiger partial charge is 0.0712 e. The first-order chi connectivity index (χ1) is 8.58. The zero-order valence-corrected chi connectivity index (χ0v) is 12.2. The Labute approximate surface area is 115 Å². The van der Waals surface area contributed by atoms with E-state index in [-0.39, 0.29) is 12.0 Å². The molecule has 1 atom stereocenters. The lowest BCUT2D eigenvalue weighted by Gasteiger charge is -2.22. The molecule has 102 valence electrons. The number of nitrogens with zero attached hydrogens (tertiary/aromatic N) is 2. The summed E-state index contributed by atoms with van der Waals surface area (Å²) in [5.41, 5.74) is 2.30. The van der Waals surface area contributed by atoms with E-state index in [0.29, 0.717) is 6.54 Å². The monoisotopic (exact) mass is 270 g/mol. The van der Waals surface area contributed by atoms with Crippen LogP contribution in [-0.4, -0.2) is 50.3 Å². The fourth-order valence-corrected chi connectivity index (χ4v) is 2.17. The van der Waals surface area contributed by atoms with Gasteiger partial charge in [-0.2, -0.15) is 0 Å². The molecule has 0 radical (unpaired) electrons. The summed E-state index contributed by atoms with van der Waals surface area (Å²) in [6, 6.07) is 8.29. The first-order valence-corrected chi connectivity index (χ1v) is 6.76. The maximum absolute atomic E-state index is 8.96. The number of benzene rings is 1. The Hall–Kier alpha value is -0.770. The van der Waals surface area contributed by atoms with E-state index in [0.717, 1.165) is 18.7 Å². The summed E-state index contributed by atoms with van der Waals surface area (Å²) in [6.45, 7) is 4.60. The molecule has 1 rings (SSSR count). The van der Waals surface area contributed by atoms with Gasteiger partial charge in [0.25, 0.3) is 0 Å². The van der Waals surface area contributed by atoms with Crippen molar-refractivity contribution in [3.63, 3.8) is 0 Å². The van der Waals surface area contributed by atoms with Crippen molar-refractivity contribution in [1.29, 1.82) is 0 Å². The molecule has 3 nitrogen and oxygen atoms in total. The number of halogens is 1. The molecule has 0 aromatic heterocycles. The van der Waals surface area contributed by atoms with Gasteiger partial charge in [-0.25, -0.2) is 0 Å². The summed E-state index contributed by atoms with van der Waals surface area (Å²) in [5, 5.41) is 8.92. The van der Waals surface area contributed by atoms with Gasteiger partial charge in [-0.15, -0.1) is 11.6 Å². The van der Waals surface area contributed by atoms with Crippen LogP contribution in [0.5, 0.6) is 0 Å². The second kappa shape index (κ2) is 7.62. The van der Waals surface area contributed by atoms with E-state index in [1.165, 1.54) is 5.69 Å². The van der Waals surface area contributed by atoms with Crippen LogP contribution in [0, 0.1) is 0 Å². The van der Waals surface area contributed by atoms with Gasteiger partial charge >= 0.3 is 0 Å². The molecule has 1 unspecified atom stereocenters. The third-order valence-corrected chi connectivity index (χ3v) is 3.44. The van der Waals surface area contributed by atoms with Crippen molar-refractivity contribution in [2.75, 3.05) is 45.2 Å². The number of rotatable bonds is 7. The Bertz CT molecular complexity index is 340. The predicted molar refractivity (Wildman–Crippen MR) is 78.6 cm³/mol. The highest BCUT2D eigenvalue weighted by Gasteiger charge is 2.12. The van der Waals surface area contributed by atoms with Gasteiger partial charge in [0.1, 0.15) is 0 Å². The number of aliphatic hydroxyl groups excluding tert-OH is 1. The Morgan fingerprint density at radius 2 is 1.83 bits per heavy atom. The molecule has 0 amide bonds. The van der Waals surface area contributed by atoms with Crippen LogP contribution in [0.2, 0.25) is 0 Å². The fraction of sp³-hybridized carbons (Fsp3) is 0.571. The largest absolute Gasteiger partial charge is 0.395 e. The van der Waals surface area contributed by atoms with Crippen molar-refractivity contribution < 1.29 is 5.11 Å². The van der Waals surface area contributed by atoms with Gasteiger partial charge in [0.05, 0.1) is 12.0 Å². The molecule has 0 aliphatic rings. The summed E-state index contributed by atoms with van der Waals surface area (Å²) < 4.78 is 0. The van der Waals surface area contributed by atoms with Crippen molar-refractivity contribution in [3.8, 4) is 0 Å². The lowest BCUT2D eigenvalue weighted by atomic mass is 10.1. The number of alkyl halides is 1. The van der Waals surface area contributed by atoms with Crippen molar-refractivity contribution >= 4 is 17.3 Å². The zero-order chi connectivity index (χ0) is 13.5. The van der Waals surface area contributed by atoms with Crippen LogP contribution >= 0.6 is 11.6 Å². The minimum Gasteiger partial charge on any atom is -0.395 e. The van der Waals surface area contributed by atoms with Crippen LogP contribution in [0.15, 0.2) is 24.3 Å². The molecule has 0 aliphatic heterocycles.